The number of anilines is 2. The van der Waals surface area contributed by atoms with Gasteiger partial charge in [-0.1, -0.05) is 23.5 Å². The second kappa shape index (κ2) is 10.1. The SMILES string of the molecule is COc1ccc(Cc2nnc(NC(=O)C3CC(=O)N(c4cc(C)ccc4OC)C3)s2)cc1OC. The molecular weight excluding hydrogens is 456 g/mol. The number of carbonyl (C=O) groups excluding carboxylic acids is 2. The fourth-order valence-electron chi connectivity index (χ4n) is 3.88. The molecule has 178 valence electrons. The number of amides is 2. The maximum Gasteiger partial charge on any atom is 0.231 e. The number of ether oxygens (including phenoxy) is 3. The Morgan fingerprint density at radius 2 is 1.79 bits per heavy atom. The first-order valence-corrected chi connectivity index (χ1v) is 11.5. The van der Waals surface area contributed by atoms with E-state index >= 15 is 0 Å². The summed E-state index contributed by atoms with van der Waals surface area (Å²) in [6, 6.07) is 11.3. The van der Waals surface area contributed by atoms with Crippen LogP contribution in [0.5, 0.6) is 17.2 Å². The minimum absolute atomic E-state index is 0.115. The number of hydrogen-bond acceptors (Lipinski definition) is 8. The molecule has 1 aliphatic rings. The van der Waals surface area contributed by atoms with Crippen molar-refractivity contribution in [1.82, 2.24) is 10.2 Å². The van der Waals surface area contributed by atoms with Gasteiger partial charge < -0.3 is 24.4 Å². The van der Waals surface area contributed by atoms with Gasteiger partial charge in [0.25, 0.3) is 0 Å². The van der Waals surface area contributed by atoms with Crippen molar-refractivity contribution in [2.75, 3.05) is 38.1 Å². The standard InChI is InChI=1S/C24H26N4O5S/c1-14-5-7-18(31-2)17(9-14)28-13-16(12-22(28)29)23(30)25-24-27-26-21(34-24)11-15-6-8-19(32-3)20(10-15)33-4/h5-10,16H,11-13H2,1-4H3,(H,25,27,30). The minimum Gasteiger partial charge on any atom is -0.495 e. The summed E-state index contributed by atoms with van der Waals surface area (Å²) in [7, 11) is 4.74. The third-order valence-corrected chi connectivity index (χ3v) is 6.46. The van der Waals surface area contributed by atoms with Crippen molar-refractivity contribution in [3.63, 3.8) is 0 Å². The van der Waals surface area contributed by atoms with Gasteiger partial charge in [-0.25, -0.2) is 0 Å². The largest absolute Gasteiger partial charge is 0.495 e. The number of benzene rings is 2. The molecule has 0 bridgehead atoms. The molecular formula is C24H26N4O5S. The van der Waals surface area contributed by atoms with Gasteiger partial charge in [-0.2, -0.15) is 0 Å². The molecule has 1 saturated heterocycles. The first kappa shape index (κ1) is 23.5. The quantitative estimate of drug-likeness (QED) is 0.525. The summed E-state index contributed by atoms with van der Waals surface area (Å²) in [5, 5.41) is 12.2. The molecule has 1 aromatic heterocycles. The molecule has 1 N–H and O–H groups in total. The second-order valence-corrected chi connectivity index (χ2v) is 9.00. The van der Waals surface area contributed by atoms with E-state index in [0.29, 0.717) is 34.5 Å². The van der Waals surface area contributed by atoms with Crippen LogP contribution in [0, 0.1) is 12.8 Å². The molecule has 1 unspecified atom stereocenters. The number of rotatable bonds is 8. The molecule has 10 heteroatoms. The molecule has 0 radical (unpaired) electrons. The lowest BCUT2D eigenvalue weighted by molar-refractivity contribution is -0.122. The summed E-state index contributed by atoms with van der Waals surface area (Å²) in [6.45, 7) is 2.23. The van der Waals surface area contributed by atoms with Crippen molar-refractivity contribution < 1.29 is 23.8 Å². The molecule has 34 heavy (non-hydrogen) atoms. The Hall–Kier alpha value is -3.66. The van der Waals surface area contributed by atoms with Gasteiger partial charge in [0.15, 0.2) is 11.5 Å². The average molecular weight is 483 g/mol. The Morgan fingerprint density at radius 3 is 2.53 bits per heavy atom. The normalized spacial score (nSPS) is 15.4. The van der Waals surface area contributed by atoms with Gasteiger partial charge in [0.05, 0.1) is 32.9 Å². The third kappa shape index (κ3) is 4.96. The first-order valence-electron chi connectivity index (χ1n) is 10.7. The fourth-order valence-corrected chi connectivity index (χ4v) is 4.65. The van der Waals surface area contributed by atoms with Crippen molar-refractivity contribution in [1.29, 1.82) is 0 Å². The highest BCUT2D eigenvalue weighted by molar-refractivity contribution is 7.15. The first-order chi connectivity index (χ1) is 16.4. The zero-order chi connectivity index (χ0) is 24.2. The van der Waals surface area contributed by atoms with Crippen molar-refractivity contribution >= 4 is 34.0 Å². The second-order valence-electron chi connectivity index (χ2n) is 7.94. The lowest BCUT2D eigenvalue weighted by Gasteiger charge is -2.20. The average Bonchev–Trinajstić information content (AvgIpc) is 3.44. The minimum atomic E-state index is -0.490. The molecule has 1 atom stereocenters. The number of methoxy groups -OCH3 is 3. The maximum absolute atomic E-state index is 12.9. The topological polar surface area (TPSA) is 103 Å². The highest BCUT2D eigenvalue weighted by Gasteiger charge is 2.36. The van der Waals surface area contributed by atoms with Crippen LogP contribution in [0.3, 0.4) is 0 Å². The van der Waals surface area contributed by atoms with Crippen LogP contribution in [0.4, 0.5) is 10.8 Å². The van der Waals surface area contributed by atoms with Crippen molar-refractivity contribution in [3.05, 3.63) is 52.5 Å². The van der Waals surface area contributed by atoms with Crippen LogP contribution in [-0.2, 0) is 16.0 Å². The van der Waals surface area contributed by atoms with E-state index in [1.54, 1.807) is 26.2 Å². The van der Waals surface area contributed by atoms with Gasteiger partial charge in [0.1, 0.15) is 10.8 Å². The zero-order valence-electron chi connectivity index (χ0n) is 19.5. The Labute approximate surface area is 201 Å². The molecule has 4 rings (SSSR count). The molecule has 9 nitrogen and oxygen atoms in total. The van der Waals surface area contributed by atoms with Crippen LogP contribution in [0.15, 0.2) is 36.4 Å². The summed E-state index contributed by atoms with van der Waals surface area (Å²) < 4.78 is 16.0. The molecule has 0 saturated carbocycles. The van der Waals surface area contributed by atoms with Crippen LogP contribution in [0.1, 0.15) is 22.6 Å². The molecule has 2 heterocycles. The third-order valence-electron chi connectivity index (χ3n) is 5.62. The van der Waals surface area contributed by atoms with Crippen LogP contribution in [-0.4, -0.2) is 49.9 Å². The van der Waals surface area contributed by atoms with Gasteiger partial charge in [0.2, 0.25) is 16.9 Å². The summed E-state index contributed by atoms with van der Waals surface area (Å²) in [4.78, 5) is 27.1. The van der Waals surface area contributed by atoms with E-state index in [0.717, 1.165) is 16.1 Å². The number of aromatic nitrogens is 2. The summed E-state index contributed by atoms with van der Waals surface area (Å²) in [5.74, 6) is 1.03. The summed E-state index contributed by atoms with van der Waals surface area (Å²) in [6.07, 6.45) is 0.664. The molecule has 1 aliphatic heterocycles. The molecule has 1 fully saturated rings. The summed E-state index contributed by atoms with van der Waals surface area (Å²) >= 11 is 1.30. The Kier molecular flexibility index (Phi) is 6.97. The Balaban J connectivity index is 1.41. The Bertz CT molecular complexity index is 1210. The number of carbonyl (C=O) groups is 2. The van der Waals surface area contributed by atoms with Gasteiger partial charge in [-0.3, -0.25) is 9.59 Å². The lowest BCUT2D eigenvalue weighted by Crippen LogP contribution is -2.28. The monoisotopic (exact) mass is 482 g/mol. The van der Waals surface area contributed by atoms with Gasteiger partial charge in [-0.15, -0.1) is 10.2 Å². The van der Waals surface area contributed by atoms with E-state index in [1.807, 2.05) is 43.3 Å². The Morgan fingerprint density at radius 1 is 1.06 bits per heavy atom. The maximum atomic E-state index is 12.9. The van der Waals surface area contributed by atoms with Crippen molar-refractivity contribution in [3.8, 4) is 17.2 Å². The van der Waals surface area contributed by atoms with Crippen LogP contribution >= 0.6 is 11.3 Å². The number of nitrogens with zero attached hydrogens (tertiary/aromatic N) is 3. The van der Waals surface area contributed by atoms with Crippen LogP contribution in [0.2, 0.25) is 0 Å². The number of hydrogen-bond donors (Lipinski definition) is 1. The highest BCUT2D eigenvalue weighted by atomic mass is 32.1. The molecule has 2 aromatic carbocycles. The fraction of sp³-hybridized carbons (Fsp3) is 0.333. The molecule has 0 aliphatic carbocycles. The zero-order valence-corrected chi connectivity index (χ0v) is 20.3. The van der Waals surface area contributed by atoms with Crippen LogP contribution in [0.25, 0.3) is 0 Å². The smallest absolute Gasteiger partial charge is 0.231 e. The molecule has 0 spiro atoms. The van der Waals surface area contributed by atoms with Gasteiger partial charge in [0, 0.05) is 19.4 Å². The predicted octanol–water partition coefficient (Wildman–Crippen LogP) is 3.45. The highest BCUT2D eigenvalue weighted by Crippen LogP contribution is 2.34. The number of aryl methyl sites for hydroxylation is 1. The van der Waals surface area contributed by atoms with Gasteiger partial charge in [-0.05, 0) is 42.3 Å². The van der Waals surface area contributed by atoms with E-state index < -0.39 is 5.92 Å². The lowest BCUT2D eigenvalue weighted by atomic mass is 10.1. The molecule has 2 amide bonds. The van der Waals surface area contributed by atoms with E-state index in [1.165, 1.54) is 11.3 Å². The van der Waals surface area contributed by atoms with E-state index in [9.17, 15) is 9.59 Å². The van der Waals surface area contributed by atoms with E-state index in [4.69, 9.17) is 14.2 Å². The molecule has 3 aromatic rings. The predicted molar refractivity (Wildman–Crippen MR) is 129 cm³/mol. The van der Waals surface area contributed by atoms with Crippen LogP contribution < -0.4 is 24.4 Å². The van der Waals surface area contributed by atoms with Crippen molar-refractivity contribution in [2.45, 2.75) is 19.8 Å². The van der Waals surface area contributed by atoms with E-state index in [-0.39, 0.29) is 24.8 Å². The van der Waals surface area contributed by atoms with Crippen molar-refractivity contribution in [2.24, 2.45) is 5.92 Å². The van der Waals surface area contributed by atoms with E-state index in [2.05, 4.69) is 15.5 Å². The van der Waals surface area contributed by atoms with Gasteiger partial charge >= 0.3 is 0 Å². The number of nitrogens with one attached hydrogen (secondary N) is 1. The summed E-state index contributed by atoms with van der Waals surface area (Å²) in [5.41, 5.74) is 2.67.